The summed E-state index contributed by atoms with van der Waals surface area (Å²) in [5.41, 5.74) is 1.07. The first-order chi connectivity index (χ1) is 10.9. The van der Waals surface area contributed by atoms with Crippen LogP contribution in [-0.2, 0) is 16.0 Å². The van der Waals surface area contributed by atoms with Crippen molar-refractivity contribution in [3.63, 3.8) is 0 Å². The van der Waals surface area contributed by atoms with Crippen LogP contribution in [0.2, 0.25) is 0 Å². The molecule has 0 aliphatic carbocycles. The number of carboxylic acid groups (broad SMARTS) is 1. The third kappa shape index (κ3) is 2.55. The van der Waals surface area contributed by atoms with Gasteiger partial charge in [0, 0.05) is 28.5 Å². The van der Waals surface area contributed by atoms with E-state index < -0.39 is 18.0 Å². The smallest absolute Gasteiger partial charge is 0.353 e. The number of aliphatic hydroxyl groups is 1. The summed E-state index contributed by atoms with van der Waals surface area (Å²) in [6.45, 7) is 3.50. The molecule has 7 nitrogen and oxygen atoms in total. The van der Waals surface area contributed by atoms with Crippen molar-refractivity contribution in [2.24, 2.45) is 11.8 Å². The molecule has 1 saturated heterocycles. The standard InChI is InChI=1S/C15H19N3O4S/c1-7-11-10(8(2)19)14(20)18(11)12(15(21)22)13(7)23-4-3-9-5-16-6-17-9/h5-8,10-11,19H,3-4H2,1-2H3,(H,16,17)(H,21,22). The van der Waals surface area contributed by atoms with Crippen molar-refractivity contribution < 1.29 is 19.8 Å². The van der Waals surface area contributed by atoms with Crippen molar-refractivity contribution in [2.75, 3.05) is 5.75 Å². The van der Waals surface area contributed by atoms with Crippen LogP contribution < -0.4 is 0 Å². The van der Waals surface area contributed by atoms with Gasteiger partial charge in [-0.25, -0.2) is 9.78 Å². The van der Waals surface area contributed by atoms with Crippen LogP contribution in [-0.4, -0.2) is 54.9 Å². The number of imidazole rings is 1. The van der Waals surface area contributed by atoms with E-state index in [9.17, 15) is 19.8 Å². The Morgan fingerprint density at radius 3 is 2.87 bits per heavy atom. The highest BCUT2D eigenvalue weighted by Gasteiger charge is 2.59. The molecule has 4 atom stereocenters. The van der Waals surface area contributed by atoms with E-state index >= 15 is 0 Å². The second kappa shape index (κ2) is 6.01. The van der Waals surface area contributed by atoms with Gasteiger partial charge in [0.05, 0.1) is 24.4 Å². The van der Waals surface area contributed by atoms with Gasteiger partial charge in [0.1, 0.15) is 5.70 Å². The Labute approximate surface area is 137 Å². The highest BCUT2D eigenvalue weighted by Crippen LogP contribution is 2.50. The summed E-state index contributed by atoms with van der Waals surface area (Å²) in [6, 6.07) is -0.247. The van der Waals surface area contributed by atoms with Crippen LogP contribution in [0.15, 0.2) is 23.1 Å². The number of β-lactam (4-membered cyclic amide) rings is 1. The van der Waals surface area contributed by atoms with E-state index in [2.05, 4.69) is 9.97 Å². The summed E-state index contributed by atoms with van der Waals surface area (Å²) in [6.07, 6.45) is 3.32. The van der Waals surface area contributed by atoms with E-state index in [1.165, 1.54) is 16.7 Å². The van der Waals surface area contributed by atoms with Gasteiger partial charge in [-0.2, -0.15) is 0 Å². The second-order valence-electron chi connectivity index (χ2n) is 5.95. The van der Waals surface area contributed by atoms with Crippen LogP contribution in [0.25, 0.3) is 0 Å². The highest BCUT2D eigenvalue weighted by molar-refractivity contribution is 8.03. The largest absolute Gasteiger partial charge is 0.477 e. The molecule has 3 rings (SSSR count). The molecule has 3 heterocycles. The maximum Gasteiger partial charge on any atom is 0.353 e. The molecule has 0 spiro atoms. The fraction of sp³-hybridized carbons (Fsp3) is 0.533. The maximum absolute atomic E-state index is 12.2. The van der Waals surface area contributed by atoms with Gasteiger partial charge < -0.3 is 20.1 Å². The van der Waals surface area contributed by atoms with Crippen molar-refractivity contribution in [3.05, 3.63) is 28.8 Å². The molecule has 1 aromatic heterocycles. The lowest BCUT2D eigenvalue weighted by molar-refractivity contribution is -0.163. The Bertz CT molecular complexity index is 656. The van der Waals surface area contributed by atoms with Crippen LogP contribution >= 0.6 is 11.8 Å². The van der Waals surface area contributed by atoms with Crippen LogP contribution in [0.4, 0.5) is 0 Å². The number of hydrogen-bond acceptors (Lipinski definition) is 5. The zero-order valence-corrected chi connectivity index (χ0v) is 13.7. The van der Waals surface area contributed by atoms with Gasteiger partial charge in [-0.3, -0.25) is 4.79 Å². The first-order valence-electron chi connectivity index (χ1n) is 7.52. The number of aromatic nitrogens is 2. The number of amides is 1. The third-order valence-corrected chi connectivity index (χ3v) is 5.78. The molecule has 3 N–H and O–H groups in total. The zero-order valence-electron chi connectivity index (χ0n) is 12.9. The summed E-state index contributed by atoms with van der Waals surface area (Å²) < 4.78 is 0. The van der Waals surface area contributed by atoms with Gasteiger partial charge in [0.15, 0.2) is 0 Å². The molecule has 0 radical (unpaired) electrons. The summed E-state index contributed by atoms with van der Waals surface area (Å²) in [5, 5.41) is 19.3. The fourth-order valence-electron chi connectivity index (χ4n) is 3.41. The fourth-order valence-corrected chi connectivity index (χ4v) is 4.67. The van der Waals surface area contributed by atoms with Crippen LogP contribution in [0.1, 0.15) is 19.5 Å². The molecular weight excluding hydrogens is 318 g/mol. The number of fused-ring (bicyclic) bond motifs is 1. The minimum Gasteiger partial charge on any atom is -0.477 e. The predicted octanol–water partition coefficient (Wildman–Crippen LogP) is 0.839. The number of hydrogen-bond donors (Lipinski definition) is 3. The first kappa shape index (κ1) is 16.1. The molecule has 2 aliphatic rings. The summed E-state index contributed by atoms with van der Waals surface area (Å²) >= 11 is 1.47. The number of carbonyl (C=O) groups is 2. The molecule has 2 aliphatic heterocycles. The maximum atomic E-state index is 12.2. The minimum absolute atomic E-state index is 0.0785. The van der Waals surface area contributed by atoms with Crippen LogP contribution in [0, 0.1) is 11.8 Å². The number of nitrogens with zero attached hydrogens (tertiary/aromatic N) is 2. The van der Waals surface area contributed by atoms with Gasteiger partial charge in [-0.15, -0.1) is 11.8 Å². The highest BCUT2D eigenvalue weighted by atomic mass is 32.2. The zero-order chi connectivity index (χ0) is 16.7. The number of carboxylic acids is 1. The molecule has 124 valence electrons. The third-order valence-electron chi connectivity index (χ3n) is 4.49. The average molecular weight is 337 g/mol. The van der Waals surface area contributed by atoms with Gasteiger partial charge in [0.2, 0.25) is 5.91 Å². The van der Waals surface area contributed by atoms with Gasteiger partial charge in [-0.1, -0.05) is 6.92 Å². The number of H-pyrrole nitrogens is 1. The average Bonchev–Trinajstić information content (AvgIpc) is 3.05. The quantitative estimate of drug-likeness (QED) is 0.664. The molecule has 1 fully saturated rings. The number of carbonyl (C=O) groups excluding carboxylic acids is 1. The van der Waals surface area contributed by atoms with Crippen molar-refractivity contribution >= 4 is 23.6 Å². The SMILES string of the molecule is CC(O)C1C(=O)N2C(C(=O)O)=C(SCCc3cnc[nH]3)C(C)C12. The van der Waals surface area contributed by atoms with E-state index in [1.807, 2.05) is 6.92 Å². The Kier molecular flexibility index (Phi) is 4.20. The van der Waals surface area contributed by atoms with Crippen LogP contribution in [0.3, 0.4) is 0 Å². The lowest BCUT2D eigenvalue weighted by Crippen LogP contribution is -2.63. The van der Waals surface area contributed by atoms with Gasteiger partial charge in [0.25, 0.3) is 0 Å². The Balaban J connectivity index is 1.77. The van der Waals surface area contributed by atoms with E-state index in [0.29, 0.717) is 5.75 Å². The van der Waals surface area contributed by atoms with Crippen molar-refractivity contribution in [2.45, 2.75) is 32.4 Å². The first-order valence-corrected chi connectivity index (χ1v) is 8.50. The van der Waals surface area contributed by atoms with Crippen molar-refractivity contribution in [1.29, 1.82) is 0 Å². The van der Waals surface area contributed by atoms with Crippen LogP contribution in [0.5, 0.6) is 0 Å². The number of rotatable bonds is 6. The predicted molar refractivity (Wildman–Crippen MR) is 84.4 cm³/mol. The summed E-state index contributed by atoms with van der Waals surface area (Å²) in [5.74, 6) is -1.26. The number of aryl methyl sites for hydroxylation is 1. The molecule has 0 bridgehead atoms. The monoisotopic (exact) mass is 337 g/mol. The summed E-state index contributed by atoms with van der Waals surface area (Å²) in [7, 11) is 0. The number of aliphatic carboxylic acids is 1. The number of thioether (sulfide) groups is 1. The van der Waals surface area contributed by atoms with Crippen molar-refractivity contribution in [3.8, 4) is 0 Å². The minimum atomic E-state index is -1.08. The molecule has 23 heavy (non-hydrogen) atoms. The van der Waals surface area contributed by atoms with E-state index in [0.717, 1.165) is 17.0 Å². The number of nitrogens with one attached hydrogen (secondary N) is 1. The second-order valence-corrected chi connectivity index (χ2v) is 7.08. The normalized spacial score (nSPS) is 27.9. The molecule has 0 saturated carbocycles. The molecule has 0 aromatic carbocycles. The van der Waals surface area contributed by atoms with Gasteiger partial charge >= 0.3 is 5.97 Å². The molecule has 8 heteroatoms. The molecule has 4 unspecified atom stereocenters. The Morgan fingerprint density at radius 1 is 1.57 bits per heavy atom. The lowest BCUT2D eigenvalue weighted by atomic mass is 9.79. The molecule has 1 amide bonds. The molecular formula is C15H19N3O4S. The Morgan fingerprint density at radius 2 is 2.30 bits per heavy atom. The molecule has 1 aromatic rings. The van der Waals surface area contributed by atoms with E-state index in [4.69, 9.17) is 0 Å². The number of aromatic amines is 1. The van der Waals surface area contributed by atoms with E-state index in [-0.39, 0.29) is 23.6 Å². The van der Waals surface area contributed by atoms with Crippen molar-refractivity contribution in [1.82, 2.24) is 14.9 Å². The lowest BCUT2D eigenvalue weighted by Gasteiger charge is -2.46. The Hall–Kier alpha value is -1.80. The topological polar surface area (TPSA) is 107 Å². The summed E-state index contributed by atoms with van der Waals surface area (Å²) in [4.78, 5) is 32.9. The van der Waals surface area contributed by atoms with Gasteiger partial charge in [-0.05, 0) is 13.3 Å². The van der Waals surface area contributed by atoms with E-state index in [1.54, 1.807) is 19.4 Å². The number of aliphatic hydroxyl groups excluding tert-OH is 1.